The molecule has 1 aliphatic rings. The third kappa shape index (κ3) is 3.18. The van der Waals surface area contributed by atoms with Gasteiger partial charge >= 0.3 is 0 Å². The van der Waals surface area contributed by atoms with Gasteiger partial charge in [0.15, 0.2) is 11.5 Å². The van der Waals surface area contributed by atoms with Crippen molar-refractivity contribution in [1.29, 1.82) is 0 Å². The zero-order chi connectivity index (χ0) is 19.7. The van der Waals surface area contributed by atoms with Gasteiger partial charge < -0.3 is 19.5 Å². The van der Waals surface area contributed by atoms with Crippen molar-refractivity contribution in [3.8, 4) is 17.2 Å². The molecule has 7 heteroatoms. The Labute approximate surface area is 167 Å². The Kier molecular flexibility index (Phi) is 4.92. The summed E-state index contributed by atoms with van der Waals surface area (Å²) in [7, 11) is 4.58. The van der Waals surface area contributed by atoms with Crippen LogP contribution >= 0.6 is 11.3 Å². The first-order chi connectivity index (χ1) is 13.6. The molecule has 144 valence electrons. The summed E-state index contributed by atoms with van der Waals surface area (Å²) in [6, 6.07) is 11.6. The third-order valence-electron chi connectivity index (χ3n) is 4.75. The third-order valence-corrected chi connectivity index (χ3v) is 5.71. The highest BCUT2D eigenvalue weighted by Gasteiger charge is 2.26. The van der Waals surface area contributed by atoms with E-state index in [1.165, 1.54) is 38.2 Å². The van der Waals surface area contributed by atoms with Crippen molar-refractivity contribution < 1.29 is 19.0 Å². The second-order valence-corrected chi connectivity index (χ2v) is 7.26. The van der Waals surface area contributed by atoms with Gasteiger partial charge in [0.1, 0.15) is 10.7 Å². The van der Waals surface area contributed by atoms with Crippen molar-refractivity contribution in [2.75, 3.05) is 26.6 Å². The first kappa shape index (κ1) is 18.3. The van der Waals surface area contributed by atoms with E-state index in [4.69, 9.17) is 14.2 Å². The van der Waals surface area contributed by atoms with Crippen LogP contribution in [0, 0.1) is 0 Å². The van der Waals surface area contributed by atoms with Crippen LogP contribution in [0.25, 0.3) is 0 Å². The molecule has 1 aliphatic heterocycles. The molecule has 0 fully saturated rings. The fraction of sp³-hybridized carbons (Fsp3) is 0.238. The van der Waals surface area contributed by atoms with E-state index < -0.39 is 0 Å². The summed E-state index contributed by atoms with van der Waals surface area (Å²) in [5.41, 5.74) is 3.24. The van der Waals surface area contributed by atoms with Crippen LogP contribution in [0.15, 0.2) is 41.8 Å². The molecule has 6 nitrogen and oxygen atoms in total. The van der Waals surface area contributed by atoms with Gasteiger partial charge in [-0.05, 0) is 23.8 Å². The quantitative estimate of drug-likeness (QED) is 0.633. The van der Waals surface area contributed by atoms with E-state index in [9.17, 15) is 4.79 Å². The number of ether oxygens (including phenoxy) is 3. The number of thiazole rings is 1. The molecule has 1 aromatic heterocycles. The summed E-state index contributed by atoms with van der Waals surface area (Å²) in [6.07, 6.45) is 0.863. The van der Waals surface area contributed by atoms with Crippen LogP contribution < -0.4 is 19.5 Å². The van der Waals surface area contributed by atoms with E-state index in [0.29, 0.717) is 28.5 Å². The molecule has 2 heterocycles. The Hall–Kier alpha value is -3.06. The average molecular weight is 396 g/mol. The van der Waals surface area contributed by atoms with Gasteiger partial charge in [-0.1, -0.05) is 18.2 Å². The highest BCUT2D eigenvalue weighted by atomic mass is 32.1. The molecule has 0 bridgehead atoms. The molecule has 3 aromatic rings. The van der Waals surface area contributed by atoms with Gasteiger partial charge in [-0.3, -0.25) is 4.79 Å². The van der Waals surface area contributed by atoms with Crippen LogP contribution in [0.1, 0.15) is 32.7 Å². The van der Waals surface area contributed by atoms with Crippen molar-refractivity contribution in [3.63, 3.8) is 0 Å². The number of ketones is 1. The normalized spacial score (nSPS) is 14.9. The minimum absolute atomic E-state index is 0.0869. The number of carbonyl (C=O) groups is 1. The molecule has 1 atom stereocenters. The summed E-state index contributed by atoms with van der Waals surface area (Å²) in [5.74, 6) is 1.15. The number of nitrogens with zero attached hydrogens (tertiary/aromatic N) is 1. The molecular weight excluding hydrogens is 376 g/mol. The number of fused-ring (bicyclic) bond motifs is 1. The van der Waals surface area contributed by atoms with E-state index in [2.05, 4.69) is 22.4 Å². The summed E-state index contributed by atoms with van der Waals surface area (Å²) in [4.78, 5) is 17.6. The Morgan fingerprint density at radius 3 is 2.46 bits per heavy atom. The average Bonchev–Trinajstić information content (AvgIpc) is 3.38. The van der Waals surface area contributed by atoms with Gasteiger partial charge in [0.25, 0.3) is 0 Å². The molecule has 0 radical (unpaired) electrons. The van der Waals surface area contributed by atoms with E-state index in [0.717, 1.165) is 17.1 Å². The van der Waals surface area contributed by atoms with Crippen molar-refractivity contribution >= 4 is 22.8 Å². The SMILES string of the molecule is COc1cc(C(=O)c2csc(C3Cc4ccccc4N3)n2)cc(OC)c1OC. The van der Waals surface area contributed by atoms with Gasteiger partial charge in [-0.2, -0.15) is 0 Å². The van der Waals surface area contributed by atoms with Gasteiger partial charge in [0.2, 0.25) is 11.5 Å². The van der Waals surface area contributed by atoms with Crippen molar-refractivity contribution in [2.45, 2.75) is 12.5 Å². The van der Waals surface area contributed by atoms with Gasteiger partial charge in [0, 0.05) is 23.1 Å². The van der Waals surface area contributed by atoms with Crippen LogP contribution in [-0.2, 0) is 6.42 Å². The Balaban J connectivity index is 1.60. The number of benzene rings is 2. The fourth-order valence-corrected chi connectivity index (χ4v) is 4.21. The number of hydrogen-bond donors (Lipinski definition) is 1. The van der Waals surface area contributed by atoms with Crippen LogP contribution in [-0.4, -0.2) is 32.1 Å². The molecular formula is C21H20N2O4S. The zero-order valence-electron chi connectivity index (χ0n) is 15.8. The van der Waals surface area contributed by atoms with Crippen molar-refractivity contribution in [1.82, 2.24) is 4.98 Å². The first-order valence-corrected chi connectivity index (χ1v) is 9.67. The standard InChI is InChI=1S/C21H20N2O4S/c1-25-17-9-13(10-18(26-2)20(17)27-3)19(24)16-11-28-21(23-16)15-8-12-6-4-5-7-14(12)22-15/h4-7,9-11,15,22H,8H2,1-3H3. The molecule has 1 N–H and O–H groups in total. The maximum atomic E-state index is 13.0. The highest BCUT2D eigenvalue weighted by Crippen LogP contribution is 2.39. The number of aromatic nitrogens is 1. The highest BCUT2D eigenvalue weighted by molar-refractivity contribution is 7.10. The molecule has 0 saturated carbocycles. The Morgan fingerprint density at radius 1 is 1.11 bits per heavy atom. The number of hydrogen-bond acceptors (Lipinski definition) is 7. The van der Waals surface area contributed by atoms with Crippen LogP contribution in [0.2, 0.25) is 0 Å². The number of nitrogens with one attached hydrogen (secondary N) is 1. The Bertz CT molecular complexity index is 981. The van der Waals surface area contributed by atoms with Crippen molar-refractivity contribution in [3.05, 3.63) is 63.6 Å². The summed E-state index contributed by atoms with van der Waals surface area (Å²) in [5, 5.41) is 6.17. The number of anilines is 1. The molecule has 0 aliphatic carbocycles. The molecule has 28 heavy (non-hydrogen) atoms. The van der Waals surface area contributed by atoms with E-state index >= 15 is 0 Å². The second-order valence-electron chi connectivity index (χ2n) is 6.37. The lowest BCUT2D eigenvalue weighted by molar-refractivity contribution is 0.103. The van der Waals surface area contributed by atoms with Gasteiger partial charge in [-0.15, -0.1) is 11.3 Å². The predicted octanol–water partition coefficient (Wildman–Crippen LogP) is 4.11. The van der Waals surface area contributed by atoms with Crippen molar-refractivity contribution in [2.24, 2.45) is 0 Å². The molecule has 1 unspecified atom stereocenters. The minimum Gasteiger partial charge on any atom is -0.493 e. The Morgan fingerprint density at radius 2 is 1.82 bits per heavy atom. The maximum Gasteiger partial charge on any atom is 0.212 e. The first-order valence-electron chi connectivity index (χ1n) is 8.79. The van der Waals surface area contributed by atoms with Crippen LogP contribution in [0.3, 0.4) is 0 Å². The predicted molar refractivity (Wildman–Crippen MR) is 108 cm³/mol. The lowest BCUT2D eigenvalue weighted by Gasteiger charge is -2.13. The summed E-state index contributed by atoms with van der Waals surface area (Å²) in [6.45, 7) is 0. The molecule has 0 spiro atoms. The number of methoxy groups -OCH3 is 3. The molecule has 2 aromatic carbocycles. The van der Waals surface area contributed by atoms with E-state index in [1.807, 2.05) is 12.1 Å². The number of rotatable bonds is 6. The number of para-hydroxylation sites is 1. The summed E-state index contributed by atoms with van der Waals surface area (Å²) < 4.78 is 16.0. The topological polar surface area (TPSA) is 69.7 Å². The fourth-order valence-electron chi connectivity index (χ4n) is 3.36. The zero-order valence-corrected chi connectivity index (χ0v) is 16.6. The smallest absolute Gasteiger partial charge is 0.212 e. The van der Waals surface area contributed by atoms with Crippen LogP contribution in [0.5, 0.6) is 17.2 Å². The van der Waals surface area contributed by atoms with E-state index in [1.54, 1.807) is 17.5 Å². The van der Waals surface area contributed by atoms with E-state index in [-0.39, 0.29) is 11.8 Å². The molecule has 0 amide bonds. The lowest BCUT2D eigenvalue weighted by atomic mass is 10.1. The second kappa shape index (κ2) is 7.52. The lowest BCUT2D eigenvalue weighted by Crippen LogP contribution is -2.08. The monoisotopic (exact) mass is 396 g/mol. The number of carbonyl (C=O) groups excluding carboxylic acids is 1. The summed E-state index contributed by atoms with van der Waals surface area (Å²) >= 11 is 1.49. The van der Waals surface area contributed by atoms with Gasteiger partial charge in [0.05, 0.1) is 27.4 Å². The van der Waals surface area contributed by atoms with Crippen LogP contribution in [0.4, 0.5) is 5.69 Å². The van der Waals surface area contributed by atoms with Gasteiger partial charge in [-0.25, -0.2) is 4.98 Å². The minimum atomic E-state index is -0.183. The molecule has 0 saturated heterocycles. The maximum absolute atomic E-state index is 13.0. The largest absolute Gasteiger partial charge is 0.493 e. The molecule has 4 rings (SSSR count).